The Bertz CT molecular complexity index is 557. The number of aromatic nitrogens is 1. The van der Waals surface area contributed by atoms with Crippen LogP contribution in [0.2, 0.25) is 0 Å². The summed E-state index contributed by atoms with van der Waals surface area (Å²) < 4.78 is 7.16. The molecule has 0 aromatic carbocycles. The first-order valence-electron chi connectivity index (χ1n) is 8.02. The molecule has 1 aliphatic rings. The van der Waals surface area contributed by atoms with E-state index < -0.39 is 6.29 Å². The number of hydrogen-bond donors (Lipinski definition) is 2. The quantitative estimate of drug-likeness (QED) is 0.862. The number of likely N-dealkylation sites (N-methyl/N-ethyl adjacent to an activating group) is 1. The van der Waals surface area contributed by atoms with Gasteiger partial charge in [-0.3, -0.25) is 9.69 Å². The molecular formula is C17H27N3O3. The van der Waals surface area contributed by atoms with Crippen molar-refractivity contribution in [1.82, 2.24) is 14.8 Å². The highest BCUT2D eigenvalue weighted by Gasteiger charge is 2.28. The maximum absolute atomic E-state index is 12.3. The number of carbonyl (C=O) groups excluding carboxylic acids is 1. The van der Waals surface area contributed by atoms with Crippen LogP contribution in [-0.4, -0.2) is 52.5 Å². The van der Waals surface area contributed by atoms with Crippen molar-refractivity contribution in [3.8, 4) is 0 Å². The van der Waals surface area contributed by atoms with Crippen LogP contribution >= 0.6 is 0 Å². The van der Waals surface area contributed by atoms with Gasteiger partial charge in [-0.1, -0.05) is 6.08 Å². The minimum atomic E-state index is -0.710. The molecule has 23 heavy (non-hydrogen) atoms. The molecule has 0 bridgehead atoms. The van der Waals surface area contributed by atoms with E-state index in [1.54, 1.807) is 10.6 Å². The molecule has 1 aliphatic heterocycles. The lowest BCUT2D eigenvalue weighted by atomic mass is 10.0. The molecule has 1 aromatic heterocycles. The maximum atomic E-state index is 12.3. The van der Waals surface area contributed by atoms with Crippen molar-refractivity contribution < 1.29 is 14.6 Å². The van der Waals surface area contributed by atoms with E-state index in [0.29, 0.717) is 18.7 Å². The molecule has 1 amide bonds. The molecule has 1 aromatic rings. The highest BCUT2D eigenvalue weighted by Crippen LogP contribution is 2.22. The Kier molecular flexibility index (Phi) is 5.98. The van der Waals surface area contributed by atoms with Gasteiger partial charge in [-0.15, -0.1) is 0 Å². The summed E-state index contributed by atoms with van der Waals surface area (Å²) in [6, 6.07) is 3.87. The van der Waals surface area contributed by atoms with Gasteiger partial charge in [0.05, 0.1) is 6.10 Å². The second-order valence-electron chi connectivity index (χ2n) is 6.21. The molecule has 0 aliphatic carbocycles. The maximum Gasteiger partial charge on any atom is 0.272 e. The van der Waals surface area contributed by atoms with Crippen LogP contribution in [0.4, 0.5) is 0 Å². The zero-order valence-electron chi connectivity index (χ0n) is 14.3. The molecule has 6 heteroatoms. The van der Waals surface area contributed by atoms with E-state index >= 15 is 0 Å². The monoisotopic (exact) mass is 321 g/mol. The summed E-state index contributed by atoms with van der Waals surface area (Å²) in [6.07, 6.45) is 4.55. The number of ether oxygens (including phenoxy) is 1. The van der Waals surface area contributed by atoms with Gasteiger partial charge in [0.25, 0.3) is 5.91 Å². The van der Waals surface area contributed by atoms with Gasteiger partial charge in [0.1, 0.15) is 5.69 Å². The number of aliphatic hydroxyl groups excluding tert-OH is 1. The number of aliphatic hydroxyl groups is 1. The molecule has 3 unspecified atom stereocenters. The number of aryl methyl sites for hydroxylation is 1. The predicted octanol–water partition coefficient (Wildman–Crippen LogP) is 1.48. The van der Waals surface area contributed by atoms with E-state index in [1.165, 1.54) is 0 Å². The van der Waals surface area contributed by atoms with Gasteiger partial charge in [0, 0.05) is 37.9 Å². The molecule has 2 heterocycles. The number of nitrogens with zero attached hydrogens (tertiary/aromatic N) is 2. The van der Waals surface area contributed by atoms with Gasteiger partial charge in [-0.25, -0.2) is 0 Å². The Hall–Kier alpha value is -1.63. The van der Waals surface area contributed by atoms with Crippen molar-refractivity contribution in [2.75, 3.05) is 13.6 Å². The van der Waals surface area contributed by atoms with E-state index in [9.17, 15) is 9.90 Å². The molecule has 2 N–H and O–H groups in total. The molecule has 0 spiro atoms. The minimum absolute atomic E-state index is 0.0400. The first-order valence-corrected chi connectivity index (χ1v) is 8.02. The molecule has 1 saturated heterocycles. The molecule has 2 rings (SSSR count). The number of carbonyl (C=O) groups is 1. The molecule has 0 radical (unpaired) electrons. The van der Waals surface area contributed by atoms with Crippen LogP contribution in [0.1, 0.15) is 37.2 Å². The third-order valence-electron chi connectivity index (χ3n) is 4.31. The largest absolute Gasteiger partial charge is 0.368 e. The first-order chi connectivity index (χ1) is 10.9. The number of rotatable bonds is 5. The van der Waals surface area contributed by atoms with E-state index in [-0.39, 0.29) is 18.1 Å². The second kappa shape index (κ2) is 7.77. The summed E-state index contributed by atoms with van der Waals surface area (Å²) in [6.45, 7) is 4.50. The minimum Gasteiger partial charge on any atom is -0.368 e. The average molecular weight is 321 g/mol. The highest BCUT2D eigenvalue weighted by atomic mass is 16.6. The third-order valence-corrected chi connectivity index (χ3v) is 4.31. The Labute approximate surface area is 137 Å². The van der Waals surface area contributed by atoms with Crippen LogP contribution in [0, 0.1) is 0 Å². The lowest BCUT2D eigenvalue weighted by molar-refractivity contribution is -0.173. The lowest BCUT2D eigenvalue weighted by Gasteiger charge is -2.37. The smallest absolute Gasteiger partial charge is 0.272 e. The van der Waals surface area contributed by atoms with Crippen LogP contribution in [0.3, 0.4) is 0 Å². The van der Waals surface area contributed by atoms with Gasteiger partial charge in [0.2, 0.25) is 0 Å². The van der Waals surface area contributed by atoms with E-state index in [4.69, 9.17) is 4.74 Å². The van der Waals surface area contributed by atoms with Crippen molar-refractivity contribution in [2.24, 2.45) is 7.05 Å². The van der Waals surface area contributed by atoms with E-state index in [0.717, 1.165) is 12.1 Å². The Morgan fingerprint density at radius 3 is 2.87 bits per heavy atom. The highest BCUT2D eigenvalue weighted by molar-refractivity contribution is 5.93. The fourth-order valence-corrected chi connectivity index (χ4v) is 2.96. The van der Waals surface area contributed by atoms with Crippen LogP contribution in [0.5, 0.6) is 0 Å². The van der Waals surface area contributed by atoms with Crippen LogP contribution in [0.25, 0.3) is 0 Å². The van der Waals surface area contributed by atoms with Crippen LogP contribution in [-0.2, 0) is 11.8 Å². The molecule has 0 saturated carbocycles. The first kappa shape index (κ1) is 17.7. The average Bonchev–Trinajstić information content (AvgIpc) is 2.91. The van der Waals surface area contributed by atoms with Crippen molar-refractivity contribution in [3.63, 3.8) is 0 Å². The fourth-order valence-electron chi connectivity index (χ4n) is 2.96. The summed E-state index contributed by atoms with van der Waals surface area (Å²) >= 11 is 0. The summed E-state index contributed by atoms with van der Waals surface area (Å²) in [4.78, 5) is 14.5. The lowest BCUT2D eigenvalue weighted by Crippen LogP contribution is -2.45. The molecule has 3 atom stereocenters. The molecule has 128 valence electrons. The SMILES string of the molecule is C/C=C(/CN(C)C1CC(C)OC(O)C1)NC(=O)c1cccn1C. The Morgan fingerprint density at radius 2 is 2.30 bits per heavy atom. The zero-order valence-corrected chi connectivity index (χ0v) is 14.3. The summed E-state index contributed by atoms with van der Waals surface area (Å²) in [5, 5.41) is 12.7. The molecule has 6 nitrogen and oxygen atoms in total. The molecular weight excluding hydrogens is 294 g/mol. The van der Waals surface area contributed by atoms with Gasteiger partial charge < -0.3 is 19.7 Å². The van der Waals surface area contributed by atoms with Crippen molar-refractivity contribution in [2.45, 2.75) is 45.1 Å². The van der Waals surface area contributed by atoms with Gasteiger partial charge in [0.15, 0.2) is 6.29 Å². The van der Waals surface area contributed by atoms with Gasteiger partial charge in [-0.2, -0.15) is 0 Å². The fraction of sp³-hybridized carbons (Fsp3) is 0.588. The Balaban J connectivity index is 1.94. The summed E-state index contributed by atoms with van der Waals surface area (Å²) in [7, 11) is 3.86. The summed E-state index contributed by atoms with van der Waals surface area (Å²) in [5.74, 6) is -0.112. The summed E-state index contributed by atoms with van der Waals surface area (Å²) in [5.41, 5.74) is 1.48. The second-order valence-corrected chi connectivity index (χ2v) is 6.21. The van der Waals surface area contributed by atoms with E-state index in [1.807, 2.05) is 46.3 Å². The number of nitrogens with one attached hydrogen (secondary N) is 1. The van der Waals surface area contributed by atoms with Crippen LogP contribution in [0.15, 0.2) is 30.1 Å². The topological polar surface area (TPSA) is 66.7 Å². The van der Waals surface area contributed by atoms with Crippen molar-refractivity contribution in [1.29, 1.82) is 0 Å². The van der Waals surface area contributed by atoms with E-state index in [2.05, 4.69) is 10.2 Å². The zero-order chi connectivity index (χ0) is 17.0. The Morgan fingerprint density at radius 1 is 1.57 bits per heavy atom. The van der Waals surface area contributed by atoms with Gasteiger partial charge in [-0.05, 0) is 39.4 Å². The number of amides is 1. The van der Waals surface area contributed by atoms with Crippen molar-refractivity contribution in [3.05, 3.63) is 35.8 Å². The van der Waals surface area contributed by atoms with Gasteiger partial charge >= 0.3 is 0 Å². The molecule has 1 fully saturated rings. The van der Waals surface area contributed by atoms with Crippen LogP contribution < -0.4 is 5.32 Å². The third kappa shape index (κ3) is 4.67. The standard InChI is InChI=1S/C17H27N3O3/c1-5-13(18-17(22)15-7-6-8-19(15)3)11-20(4)14-9-12(2)23-16(21)10-14/h5-8,12,14,16,21H,9-11H2,1-4H3,(H,18,22)/b13-5-. The number of allylic oxidation sites excluding steroid dienone is 1. The predicted molar refractivity (Wildman–Crippen MR) is 88.8 cm³/mol. The number of hydrogen-bond acceptors (Lipinski definition) is 4. The van der Waals surface area contributed by atoms with Crippen molar-refractivity contribution >= 4 is 5.91 Å². The normalized spacial score (nSPS) is 25.7.